The van der Waals surface area contributed by atoms with Gasteiger partial charge < -0.3 is 4.74 Å². The van der Waals surface area contributed by atoms with E-state index in [1.54, 1.807) is 43.3 Å². The van der Waals surface area contributed by atoms with E-state index < -0.39 is 17.8 Å². The summed E-state index contributed by atoms with van der Waals surface area (Å²) in [6.45, 7) is 2.05. The molecular weight excluding hydrogens is 579 g/mol. The number of barbiturate groups is 1. The highest BCUT2D eigenvalue weighted by atomic mass is 79.9. The Morgan fingerprint density at radius 3 is 2.34 bits per heavy atom. The molecular formula is C25H16BrCl3N2O4. The second-order valence-corrected chi connectivity index (χ2v) is 9.73. The second-order valence-electron chi connectivity index (χ2n) is 7.62. The third-order valence-electron chi connectivity index (χ3n) is 5.14. The van der Waals surface area contributed by atoms with Crippen LogP contribution in [-0.4, -0.2) is 17.8 Å². The molecule has 1 aliphatic rings. The van der Waals surface area contributed by atoms with Crippen molar-refractivity contribution in [3.8, 4) is 5.75 Å². The van der Waals surface area contributed by atoms with Crippen LogP contribution < -0.4 is 15.0 Å². The smallest absolute Gasteiger partial charge is 0.335 e. The minimum absolute atomic E-state index is 0.237. The van der Waals surface area contributed by atoms with E-state index in [1.807, 2.05) is 12.1 Å². The Bertz CT molecular complexity index is 1370. The number of anilines is 1. The summed E-state index contributed by atoms with van der Waals surface area (Å²) in [7, 11) is 0. The number of halogens is 4. The largest absolute Gasteiger partial charge is 0.486 e. The minimum atomic E-state index is -0.859. The Hall–Kier alpha value is -2.84. The number of carbonyl (C=O) groups is 3. The van der Waals surface area contributed by atoms with Crippen LogP contribution in [0.5, 0.6) is 5.75 Å². The molecule has 0 bridgehead atoms. The standard InChI is InChI=1S/C25H16BrCl3N2O4/c1-13-2-7-17(11-20(13)28)31-24(33)18(23(32)30-25(31)34)8-15-9-19(26)22(21(29)10-15)35-12-14-3-5-16(27)6-4-14/h2-11H,12H2,1H3,(H,30,32,34)/b18-8-. The number of hydrogen-bond acceptors (Lipinski definition) is 4. The molecule has 4 rings (SSSR count). The van der Waals surface area contributed by atoms with E-state index in [4.69, 9.17) is 39.5 Å². The van der Waals surface area contributed by atoms with Crippen molar-refractivity contribution in [2.45, 2.75) is 13.5 Å². The van der Waals surface area contributed by atoms with Crippen molar-refractivity contribution in [1.82, 2.24) is 5.32 Å². The number of amides is 4. The summed E-state index contributed by atoms with van der Waals surface area (Å²) in [5.41, 5.74) is 2.14. The lowest BCUT2D eigenvalue weighted by molar-refractivity contribution is -0.122. The van der Waals surface area contributed by atoms with E-state index in [0.29, 0.717) is 25.8 Å². The fraction of sp³-hybridized carbons (Fsp3) is 0.0800. The lowest BCUT2D eigenvalue weighted by Gasteiger charge is -2.26. The van der Waals surface area contributed by atoms with Gasteiger partial charge in [-0.1, -0.05) is 53.0 Å². The van der Waals surface area contributed by atoms with Gasteiger partial charge >= 0.3 is 6.03 Å². The molecule has 4 amide bonds. The molecule has 0 aromatic heterocycles. The number of carbonyl (C=O) groups excluding carboxylic acids is 3. The number of urea groups is 1. The highest BCUT2D eigenvalue weighted by molar-refractivity contribution is 9.10. The van der Waals surface area contributed by atoms with Crippen LogP contribution in [0.25, 0.3) is 6.08 Å². The van der Waals surface area contributed by atoms with Crippen LogP contribution in [0.4, 0.5) is 10.5 Å². The van der Waals surface area contributed by atoms with Crippen LogP contribution in [0.2, 0.25) is 15.1 Å². The van der Waals surface area contributed by atoms with Crippen molar-refractivity contribution >= 4 is 80.3 Å². The second kappa shape index (κ2) is 10.4. The summed E-state index contributed by atoms with van der Waals surface area (Å²) in [5.74, 6) is -1.20. The highest BCUT2D eigenvalue weighted by Gasteiger charge is 2.37. The molecule has 1 saturated heterocycles. The molecule has 1 fully saturated rings. The molecule has 0 atom stereocenters. The average Bonchev–Trinajstić information content (AvgIpc) is 2.79. The Morgan fingerprint density at radius 1 is 0.971 bits per heavy atom. The van der Waals surface area contributed by atoms with Gasteiger partial charge in [0.15, 0.2) is 5.75 Å². The molecule has 0 saturated carbocycles. The van der Waals surface area contributed by atoms with Crippen LogP contribution in [-0.2, 0) is 16.2 Å². The molecule has 10 heteroatoms. The summed E-state index contributed by atoms with van der Waals surface area (Å²) in [6.07, 6.45) is 1.35. The van der Waals surface area contributed by atoms with Gasteiger partial charge in [-0.3, -0.25) is 14.9 Å². The molecule has 1 heterocycles. The van der Waals surface area contributed by atoms with E-state index in [9.17, 15) is 14.4 Å². The van der Waals surface area contributed by atoms with E-state index in [0.717, 1.165) is 16.0 Å². The maximum absolute atomic E-state index is 13.1. The van der Waals surface area contributed by atoms with Crippen LogP contribution in [0.15, 0.2) is 64.6 Å². The maximum Gasteiger partial charge on any atom is 0.335 e. The van der Waals surface area contributed by atoms with Crippen molar-refractivity contribution in [3.63, 3.8) is 0 Å². The lowest BCUT2D eigenvalue weighted by Crippen LogP contribution is -2.54. The van der Waals surface area contributed by atoms with Gasteiger partial charge in [0.1, 0.15) is 12.2 Å². The highest BCUT2D eigenvalue weighted by Crippen LogP contribution is 2.36. The van der Waals surface area contributed by atoms with Gasteiger partial charge in [0.2, 0.25) is 0 Å². The first-order valence-corrected chi connectivity index (χ1v) is 12.1. The van der Waals surface area contributed by atoms with Crippen molar-refractivity contribution in [1.29, 1.82) is 0 Å². The van der Waals surface area contributed by atoms with Gasteiger partial charge in [-0.05, 0) is 82.0 Å². The summed E-state index contributed by atoms with van der Waals surface area (Å²) in [4.78, 5) is 38.9. The van der Waals surface area contributed by atoms with Crippen LogP contribution in [0.3, 0.4) is 0 Å². The summed E-state index contributed by atoms with van der Waals surface area (Å²) in [5, 5.41) is 3.46. The molecule has 6 nitrogen and oxygen atoms in total. The topological polar surface area (TPSA) is 75.7 Å². The molecule has 1 N–H and O–H groups in total. The first-order chi connectivity index (χ1) is 16.6. The van der Waals surface area contributed by atoms with Gasteiger partial charge in [0.25, 0.3) is 11.8 Å². The Morgan fingerprint density at radius 2 is 1.69 bits per heavy atom. The van der Waals surface area contributed by atoms with Crippen molar-refractivity contribution in [3.05, 3.63) is 96.4 Å². The number of benzene rings is 3. The fourth-order valence-corrected chi connectivity index (χ4v) is 4.61. The van der Waals surface area contributed by atoms with Gasteiger partial charge in [-0.15, -0.1) is 0 Å². The third-order valence-corrected chi connectivity index (χ3v) is 6.67. The molecule has 3 aromatic rings. The minimum Gasteiger partial charge on any atom is -0.486 e. The molecule has 3 aromatic carbocycles. The Balaban J connectivity index is 1.61. The van der Waals surface area contributed by atoms with E-state index in [1.165, 1.54) is 12.1 Å². The number of nitrogens with zero attached hydrogens (tertiary/aromatic N) is 1. The number of imide groups is 2. The fourth-order valence-electron chi connectivity index (χ4n) is 3.32. The van der Waals surface area contributed by atoms with Crippen molar-refractivity contribution in [2.75, 3.05) is 4.90 Å². The molecule has 0 spiro atoms. The zero-order chi connectivity index (χ0) is 25.3. The van der Waals surface area contributed by atoms with E-state index in [-0.39, 0.29) is 22.9 Å². The third kappa shape index (κ3) is 5.54. The molecule has 1 aliphatic heterocycles. The molecule has 178 valence electrons. The van der Waals surface area contributed by atoms with Gasteiger partial charge in [-0.25, -0.2) is 9.69 Å². The number of ether oxygens (including phenoxy) is 1. The zero-order valence-electron chi connectivity index (χ0n) is 18.1. The van der Waals surface area contributed by atoms with E-state index >= 15 is 0 Å². The van der Waals surface area contributed by atoms with E-state index in [2.05, 4.69) is 21.2 Å². The predicted molar refractivity (Wildman–Crippen MR) is 140 cm³/mol. The van der Waals surface area contributed by atoms with Crippen molar-refractivity contribution in [2.24, 2.45) is 0 Å². The zero-order valence-corrected chi connectivity index (χ0v) is 21.9. The first kappa shape index (κ1) is 25.3. The lowest BCUT2D eigenvalue weighted by atomic mass is 10.1. The summed E-state index contributed by atoms with van der Waals surface area (Å²) >= 11 is 21.9. The molecule has 0 aliphatic carbocycles. The normalized spacial score (nSPS) is 14.9. The van der Waals surface area contributed by atoms with Crippen LogP contribution in [0.1, 0.15) is 16.7 Å². The molecule has 35 heavy (non-hydrogen) atoms. The Labute approximate surface area is 224 Å². The summed E-state index contributed by atoms with van der Waals surface area (Å²) < 4.78 is 6.36. The maximum atomic E-state index is 13.1. The van der Waals surface area contributed by atoms with Gasteiger partial charge in [0, 0.05) is 10.0 Å². The first-order valence-electron chi connectivity index (χ1n) is 10.2. The number of rotatable bonds is 5. The number of aryl methyl sites for hydroxylation is 1. The predicted octanol–water partition coefficient (Wildman–Crippen LogP) is 6.96. The van der Waals surface area contributed by atoms with Crippen LogP contribution in [0, 0.1) is 6.92 Å². The average molecular weight is 595 g/mol. The van der Waals surface area contributed by atoms with Crippen molar-refractivity contribution < 1.29 is 19.1 Å². The van der Waals surface area contributed by atoms with Gasteiger partial charge in [0.05, 0.1) is 15.2 Å². The monoisotopic (exact) mass is 592 g/mol. The Kier molecular flexibility index (Phi) is 7.52. The van der Waals surface area contributed by atoms with Crippen LogP contribution >= 0.6 is 50.7 Å². The molecule has 0 unspecified atom stereocenters. The number of nitrogens with one attached hydrogen (secondary N) is 1. The number of hydrogen-bond donors (Lipinski definition) is 1. The SMILES string of the molecule is Cc1ccc(N2C(=O)NC(=O)/C(=C/c3cc(Cl)c(OCc4ccc(Cl)cc4)c(Br)c3)C2=O)cc1Cl. The quantitative estimate of drug-likeness (QED) is 0.256. The summed E-state index contributed by atoms with van der Waals surface area (Å²) in [6, 6.07) is 14.3. The molecule has 0 radical (unpaired) electrons. The van der Waals surface area contributed by atoms with Gasteiger partial charge in [-0.2, -0.15) is 0 Å².